The minimum absolute atomic E-state index is 0.320. The molecule has 1 unspecified atom stereocenters. The Labute approximate surface area is 124 Å². The van der Waals surface area contributed by atoms with Crippen LogP contribution in [0.4, 0.5) is 0 Å². The molecule has 110 valence electrons. The van der Waals surface area contributed by atoms with Crippen LogP contribution >= 0.6 is 0 Å². The SMILES string of the molecule is CC(CC(=O)c1ccccc1)(c1ccccc1)S(=O)(=O)O. The van der Waals surface area contributed by atoms with Gasteiger partial charge in [0.15, 0.2) is 5.78 Å². The van der Waals surface area contributed by atoms with Crippen molar-refractivity contribution in [2.45, 2.75) is 18.1 Å². The summed E-state index contributed by atoms with van der Waals surface area (Å²) in [6.07, 6.45) is -0.320. The Balaban J connectivity index is 2.42. The van der Waals surface area contributed by atoms with Crippen LogP contribution in [0.3, 0.4) is 0 Å². The van der Waals surface area contributed by atoms with Gasteiger partial charge in [0.05, 0.1) is 0 Å². The van der Waals surface area contributed by atoms with E-state index in [1.54, 1.807) is 60.7 Å². The predicted molar refractivity (Wildman–Crippen MR) is 80.7 cm³/mol. The first-order valence-corrected chi connectivity index (χ1v) is 7.89. The van der Waals surface area contributed by atoms with Crippen LogP contribution in [0.1, 0.15) is 29.3 Å². The number of ketones is 1. The number of hydrogen-bond acceptors (Lipinski definition) is 3. The summed E-state index contributed by atoms with van der Waals surface area (Å²) in [4.78, 5) is 12.3. The molecule has 0 heterocycles. The molecule has 0 amide bonds. The summed E-state index contributed by atoms with van der Waals surface area (Å²) in [5.41, 5.74) is 0.806. The summed E-state index contributed by atoms with van der Waals surface area (Å²) >= 11 is 0. The summed E-state index contributed by atoms with van der Waals surface area (Å²) in [6.45, 7) is 1.36. The summed E-state index contributed by atoms with van der Waals surface area (Å²) in [7, 11) is -4.44. The Morgan fingerprint density at radius 3 is 1.95 bits per heavy atom. The quantitative estimate of drug-likeness (QED) is 0.680. The number of carbonyl (C=O) groups is 1. The highest BCUT2D eigenvalue weighted by molar-refractivity contribution is 7.86. The van der Waals surface area contributed by atoms with Gasteiger partial charge in [0.25, 0.3) is 10.1 Å². The van der Waals surface area contributed by atoms with Crippen molar-refractivity contribution >= 4 is 15.9 Å². The van der Waals surface area contributed by atoms with E-state index < -0.39 is 14.9 Å². The third-order valence-electron chi connectivity index (χ3n) is 3.55. The number of benzene rings is 2. The highest BCUT2D eigenvalue weighted by Crippen LogP contribution is 2.34. The Morgan fingerprint density at radius 1 is 1.00 bits per heavy atom. The molecule has 0 fully saturated rings. The molecule has 1 N–H and O–H groups in total. The van der Waals surface area contributed by atoms with Gasteiger partial charge in [-0.25, -0.2) is 0 Å². The Kier molecular flexibility index (Phi) is 4.25. The van der Waals surface area contributed by atoms with Crippen LogP contribution in [0, 0.1) is 0 Å². The second-order valence-corrected chi connectivity index (χ2v) is 6.89. The molecule has 1 atom stereocenters. The maximum Gasteiger partial charge on any atom is 0.275 e. The molecule has 0 radical (unpaired) electrons. The molecule has 0 aliphatic carbocycles. The number of hydrogen-bond donors (Lipinski definition) is 1. The topological polar surface area (TPSA) is 71.4 Å². The van der Waals surface area contributed by atoms with Gasteiger partial charge < -0.3 is 0 Å². The molecule has 2 aromatic carbocycles. The van der Waals surface area contributed by atoms with Gasteiger partial charge in [0, 0.05) is 12.0 Å². The first-order valence-electron chi connectivity index (χ1n) is 6.45. The fourth-order valence-corrected chi connectivity index (χ4v) is 2.91. The second-order valence-electron chi connectivity index (χ2n) is 5.04. The lowest BCUT2D eigenvalue weighted by atomic mass is 9.92. The van der Waals surface area contributed by atoms with Crippen molar-refractivity contribution in [2.75, 3.05) is 0 Å². The molecule has 0 saturated carbocycles. The fourth-order valence-electron chi connectivity index (χ4n) is 2.17. The first-order chi connectivity index (χ1) is 9.84. The molecule has 21 heavy (non-hydrogen) atoms. The Hall–Kier alpha value is -1.98. The molecule has 0 aliphatic rings. The van der Waals surface area contributed by atoms with Crippen LogP contribution < -0.4 is 0 Å². The van der Waals surface area contributed by atoms with Crippen LogP contribution in [0.25, 0.3) is 0 Å². The average Bonchev–Trinajstić information content (AvgIpc) is 2.47. The van der Waals surface area contributed by atoms with Crippen LogP contribution in [-0.4, -0.2) is 18.8 Å². The lowest BCUT2D eigenvalue weighted by Crippen LogP contribution is -2.34. The van der Waals surface area contributed by atoms with E-state index in [1.807, 2.05) is 0 Å². The third-order valence-corrected chi connectivity index (χ3v) is 5.07. The molecular weight excluding hydrogens is 288 g/mol. The minimum atomic E-state index is -4.44. The normalized spacial score (nSPS) is 14.4. The molecular formula is C16H16O4S. The molecule has 0 bridgehead atoms. The zero-order valence-electron chi connectivity index (χ0n) is 11.6. The summed E-state index contributed by atoms with van der Waals surface area (Å²) in [5.74, 6) is -0.334. The van der Waals surface area contributed by atoms with E-state index >= 15 is 0 Å². The Bertz CT molecular complexity index is 723. The summed E-state index contributed by atoms with van der Waals surface area (Å²) in [6, 6.07) is 16.7. The second kappa shape index (κ2) is 5.79. The largest absolute Gasteiger partial charge is 0.294 e. The molecule has 4 nitrogen and oxygen atoms in total. The van der Waals surface area contributed by atoms with Gasteiger partial charge in [0.1, 0.15) is 4.75 Å². The van der Waals surface area contributed by atoms with Gasteiger partial charge in [-0.15, -0.1) is 0 Å². The van der Waals surface area contributed by atoms with Crippen molar-refractivity contribution < 1.29 is 17.8 Å². The molecule has 0 spiro atoms. The van der Waals surface area contributed by atoms with Crippen molar-refractivity contribution in [1.29, 1.82) is 0 Å². The van der Waals surface area contributed by atoms with E-state index in [-0.39, 0.29) is 12.2 Å². The smallest absolute Gasteiger partial charge is 0.275 e. The van der Waals surface area contributed by atoms with Crippen molar-refractivity contribution in [1.82, 2.24) is 0 Å². The zero-order valence-corrected chi connectivity index (χ0v) is 12.4. The molecule has 0 saturated heterocycles. The zero-order chi connectivity index (χ0) is 15.5. The van der Waals surface area contributed by atoms with E-state index in [4.69, 9.17) is 0 Å². The Morgan fingerprint density at radius 2 is 1.48 bits per heavy atom. The van der Waals surface area contributed by atoms with Crippen LogP contribution in [0.2, 0.25) is 0 Å². The summed E-state index contributed by atoms with van der Waals surface area (Å²) < 4.78 is 31.6. The maximum atomic E-state index is 12.3. The standard InChI is InChI=1S/C16H16O4S/c1-16(21(18,19)20,14-10-6-3-7-11-14)12-15(17)13-8-4-2-5-9-13/h2-11H,12H2,1H3,(H,18,19,20). The first kappa shape index (κ1) is 15.4. The lowest BCUT2D eigenvalue weighted by Gasteiger charge is -2.26. The van der Waals surface area contributed by atoms with Gasteiger partial charge in [-0.1, -0.05) is 60.7 Å². The lowest BCUT2D eigenvalue weighted by molar-refractivity contribution is 0.0967. The monoisotopic (exact) mass is 304 g/mol. The molecule has 2 aromatic rings. The van der Waals surface area contributed by atoms with Crippen molar-refractivity contribution in [3.05, 3.63) is 71.8 Å². The third kappa shape index (κ3) is 3.20. The van der Waals surface area contributed by atoms with E-state index in [0.717, 1.165) is 0 Å². The van der Waals surface area contributed by atoms with Gasteiger partial charge in [-0.05, 0) is 12.5 Å². The number of carbonyl (C=O) groups excluding carboxylic acids is 1. The van der Waals surface area contributed by atoms with Crippen LogP contribution in [0.15, 0.2) is 60.7 Å². The average molecular weight is 304 g/mol. The van der Waals surface area contributed by atoms with Crippen LogP contribution in [0.5, 0.6) is 0 Å². The maximum absolute atomic E-state index is 12.3. The van der Waals surface area contributed by atoms with Crippen molar-refractivity contribution in [2.24, 2.45) is 0 Å². The van der Waals surface area contributed by atoms with Crippen molar-refractivity contribution in [3.63, 3.8) is 0 Å². The molecule has 0 aromatic heterocycles. The van der Waals surface area contributed by atoms with E-state index in [0.29, 0.717) is 11.1 Å². The summed E-state index contributed by atoms with van der Waals surface area (Å²) in [5, 5.41) is 0. The van der Waals surface area contributed by atoms with Crippen molar-refractivity contribution in [3.8, 4) is 0 Å². The van der Waals surface area contributed by atoms with Gasteiger partial charge in [0.2, 0.25) is 0 Å². The van der Waals surface area contributed by atoms with Gasteiger partial charge in [-0.3, -0.25) is 9.35 Å². The minimum Gasteiger partial charge on any atom is -0.294 e. The van der Waals surface area contributed by atoms with E-state index in [2.05, 4.69) is 0 Å². The fraction of sp³-hybridized carbons (Fsp3) is 0.188. The highest BCUT2D eigenvalue weighted by atomic mass is 32.2. The van der Waals surface area contributed by atoms with Gasteiger partial charge in [-0.2, -0.15) is 8.42 Å². The van der Waals surface area contributed by atoms with Crippen LogP contribution in [-0.2, 0) is 14.9 Å². The predicted octanol–water partition coefficient (Wildman–Crippen LogP) is 3.06. The molecule has 0 aliphatic heterocycles. The number of Topliss-reactive ketones (excluding diaryl/α,β-unsaturated/α-hetero) is 1. The molecule has 5 heteroatoms. The highest BCUT2D eigenvalue weighted by Gasteiger charge is 2.41. The van der Waals surface area contributed by atoms with E-state index in [9.17, 15) is 17.8 Å². The van der Waals surface area contributed by atoms with E-state index in [1.165, 1.54) is 6.92 Å². The van der Waals surface area contributed by atoms with Gasteiger partial charge >= 0.3 is 0 Å². The molecule has 2 rings (SSSR count). The number of rotatable bonds is 5.